The molecule has 1 unspecified atom stereocenters. The van der Waals surface area contributed by atoms with Crippen LogP contribution in [0.3, 0.4) is 0 Å². The molecule has 0 bridgehead atoms. The predicted octanol–water partition coefficient (Wildman–Crippen LogP) is 3.77. The van der Waals surface area contributed by atoms with Crippen LogP contribution in [0.5, 0.6) is 0 Å². The molecule has 0 radical (unpaired) electrons. The third-order valence-corrected chi connectivity index (χ3v) is 2.39. The minimum atomic E-state index is 0.490. The third kappa shape index (κ3) is 6.54. The first-order valence-corrected chi connectivity index (χ1v) is 5.22. The van der Waals surface area contributed by atoms with Crippen LogP contribution in [0.1, 0.15) is 46.5 Å². The molecule has 1 nitrogen and oxygen atoms in total. The molecule has 0 heterocycles. The summed E-state index contributed by atoms with van der Waals surface area (Å²) in [7, 11) is 0. The summed E-state index contributed by atoms with van der Waals surface area (Å²) in [6.07, 6.45) is 4.78. The molecule has 2 heteroatoms. The molecule has 0 aromatic rings. The SMILES string of the molecule is CCCCC(C)N=C(Br)CC. The van der Waals surface area contributed by atoms with Crippen LogP contribution in [0, 0.1) is 0 Å². The lowest BCUT2D eigenvalue weighted by molar-refractivity contribution is 0.618. The van der Waals surface area contributed by atoms with Crippen molar-refractivity contribution in [2.75, 3.05) is 0 Å². The molecule has 0 fully saturated rings. The minimum Gasteiger partial charge on any atom is -0.279 e. The average Bonchev–Trinajstić information content (AvgIpc) is 2.00. The number of halogens is 1. The van der Waals surface area contributed by atoms with Gasteiger partial charge >= 0.3 is 0 Å². The van der Waals surface area contributed by atoms with Gasteiger partial charge in [-0.25, -0.2) is 0 Å². The molecule has 0 amide bonds. The number of rotatable bonds is 5. The van der Waals surface area contributed by atoms with E-state index in [1.807, 2.05) is 0 Å². The minimum absolute atomic E-state index is 0.490. The quantitative estimate of drug-likeness (QED) is 0.625. The summed E-state index contributed by atoms with van der Waals surface area (Å²) in [6.45, 7) is 6.50. The van der Waals surface area contributed by atoms with Gasteiger partial charge in [0.05, 0.1) is 4.62 Å². The fourth-order valence-corrected chi connectivity index (χ4v) is 1.24. The number of hydrogen-bond acceptors (Lipinski definition) is 1. The normalized spacial score (nSPS) is 15.1. The molecule has 0 saturated heterocycles. The van der Waals surface area contributed by atoms with E-state index in [2.05, 4.69) is 41.7 Å². The van der Waals surface area contributed by atoms with Crippen molar-refractivity contribution in [2.45, 2.75) is 52.5 Å². The van der Waals surface area contributed by atoms with Crippen LogP contribution in [0.25, 0.3) is 0 Å². The van der Waals surface area contributed by atoms with E-state index in [0.717, 1.165) is 11.0 Å². The highest BCUT2D eigenvalue weighted by Crippen LogP contribution is 2.06. The van der Waals surface area contributed by atoms with Crippen LogP contribution in [0.15, 0.2) is 4.99 Å². The standard InChI is InChI=1S/C9H18BrN/c1-4-6-7-8(3)11-9(10)5-2/h8H,4-7H2,1-3H3. The third-order valence-electron chi connectivity index (χ3n) is 1.63. The molecule has 0 aromatic heterocycles. The van der Waals surface area contributed by atoms with E-state index in [0.29, 0.717) is 6.04 Å². The van der Waals surface area contributed by atoms with Crippen molar-refractivity contribution in [1.82, 2.24) is 0 Å². The van der Waals surface area contributed by atoms with Crippen LogP contribution in [-0.2, 0) is 0 Å². The Labute approximate surface area is 78.4 Å². The molecule has 0 spiro atoms. The smallest absolute Gasteiger partial charge is 0.0774 e. The molecule has 66 valence electrons. The topological polar surface area (TPSA) is 12.4 Å². The van der Waals surface area contributed by atoms with E-state index in [-0.39, 0.29) is 0 Å². The van der Waals surface area contributed by atoms with Crippen molar-refractivity contribution in [3.63, 3.8) is 0 Å². The first-order chi connectivity index (χ1) is 5.20. The van der Waals surface area contributed by atoms with Crippen LogP contribution < -0.4 is 0 Å². The maximum Gasteiger partial charge on any atom is 0.0774 e. The second-order valence-corrected chi connectivity index (χ2v) is 3.77. The first kappa shape index (κ1) is 11.2. The fourth-order valence-electron chi connectivity index (χ4n) is 0.895. The summed E-state index contributed by atoms with van der Waals surface area (Å²) in [4.78, 5) is 4.47. The van der Waals surface area contributed by atoms with E-state index in [4.69, 9.17) is 0 Å². The molecular weight excluding hydrogens is 202 g/mol. The Morgan fingerprint density at radius 3 is 2.55 bits per heavy atom. The summed E-state index contributed by atoms with van der Waals surface area (Å²) in [6, 6.07) is 0.490. The van der Waals surface area contributed by atoms with Gasteiger partial charge < -0.3 is 0 Å². The summed E-state index contributed by atoms with van der Waals surface area (Å²) in [5, 5.41) is 0. The molecule has 0 rings (SSSR count). The molecule has 0 saturated carbocycles. The fraction of sp³-hybridized carbons (Fsp3) is 0.889. The lowest BCUT2D eigenvalue weighted by Crippen LogP contribution is -2.00. The van der Waals surface area contributed by atoms with Crippen LogP contribution in [-0.4, -0.2) is 10.7 Å². The Kier molecular flexibility index (Phi) is 6.93. The molecule has 0 aliphatic carbocycles. The number of hydrogen-bond donors (Lipinski definition) is 0. The second-order valence-electron chi connectivity index (χ2n) is 2.85. The van der Waals surface area contributed by atoms with Gasteiger partial charge in [-0.15, -0.1) is 0 Å². The zero-order chi connectivity index (χ0) is 8.69. The maximum absolute atomic E-state index is 4.47. The van der Waals surface area contributed by atoms with Gasteiger partial charge in [0.1, 0.15) is 0 Å². The highest BCUT2D eigenvalue weighted by Gasteiger charge is 1.98. The summed E-state index contributed by atoms with van der Waals surface area (Å²) in [5.41, 5.74) is 0. The van der Waals surface area contributed by atoms with Gasteiger partial charge in [0.15, 0.2) is 0 Å². The summed E-state index contributed by atoms with van der Waals surface area (Å²) in [5.74, 6) is 0. The van der Waals surface area contributed by atoms with Crippen molar-refractivity contribution < 1.29 is 0 Å². The predicted molar refractivity (Wildman–Crippen MR) is 55.6 cm³/mol. The van der Waals surface area contributed by atoms with Crippen molar-refractivity contribution in [2.24, 2.45) is 4.99 Å². The van der Waals surface area contributed by atoms with E-state index in [1.165, 1.54) is 19.3 Å². The van der Waals surface area contributed by atoms with E-state index in [1.54, 1.807) is 0 Å². The highest BCUT2D eigenvalue weighted by molar-refractivity contribution is 9.18. The van der Waals surface area contributed by atoms with Crippen molar-refractivity contribution in [3.8, 4) is 0 Å². The molecule has 0 aliphatic heterocycles. The molecular formula is C9H18BrN. The van der Waals surface area contributed by atoms with Crippen LogP contribution in [0.4, 0.5) is 0 Å². The van der Waals surface area contributed by atoms with Gasteiger partial charge in [-0.2, -0.15) is 0 Å². The van der Waals surface area contributed by atoms with Crippen molar-refractivity contribution in [3.05, 3.63) is 0 Å². The van der Waals surface area contributed by atoms with Gasteiger partial charge in [-0.3, -0.25) is 4.99 Å². The average molecular weight is 220 g/mol. The number of nitrogens with zero attached hydrogens (tertiary/aromatic N) is 1. The lowest BCUT2D eigenvalue weighted by atomic mass is 10.1. The monoisotopic (exact) mass is 219 g/mol. The Hall–Kier alpha value is 0.150. The summed E-state index contributed by atoms with van der Waals surface area (Å²) >= 11 is 3.42. The zero-order valence-corrected chi connectivity index (χ0v) is 9.32. The zero-order valence-electron chi connectivity index (χ0n) is 7.73. The molecule has 0 N–H and O–H groups in total. The van der Waals surface area contributed by atoms with Crippen LogP contribution >= 0.6 is 15.9 Å². The van der Waals surface area contributed by atoms with E-state index in [9.17, 15) is 0 Å². The Morgan fingerprint density at radius 2 is 2.09 bits per heavy atom. The lowest BCUT2D eigenvalue weighted by Gasteiger charge is -2.04. The highest BCUT2D eigenvalue weighted by atomic mass is 79.9. The molecule has 0 aromatic carbocycles. The van der Waals surface area contributed by atoms with Gasteiger partial charge in [-0.05, 0) is 35.7 Å². The van der Waals surface area contributed by atoms with E-state index < -0.39 is 0 Å². The van der Waals surface area contributed by atoms with E-state index >= 15 is 0 Å². The van der Waals surface area contributed by atoms with Crippen molar-refractivity contribution >= 4 is 20.6 Å². The number of unbranched alkanes of at least 4 members (excludes halogenated alkanes) is 1. The second kappa shape index (κ2) is 6.84. The van der Waals surface area contributed by atoms with Crippen LogP contribution in [0.2, 0.25) is 0 Å². The van der Waals surface area contributed by atoms with Gasteiger partial charge in [0, 0.05) is 6.04 Å². The largest absolute Gasteiger partial charge is 0.279 e. The van der Waals surface area contributed by atoms with Gasteiger partial charge in [0.25, 0.3) is 0 Å². The molecule has 0 aliphatic rings. The van der Waals surface area contributed by atoms with Gasteiger partial charge in [0.2, 0.25) is 0 Å². The molecule has 11 heavy (non-hydrogen) atoms. The Bertz CT molecular complexity index is 121. The maximum atomic E-state index is 4.47. The first-order valence-electron chi connectivity index (χ1n) is 4.42. The summed E-state index contributed by atoms with van der Waals surface area (Å²) < 4.78 is 1.10. The Morgan fingerprint density at radius 1 is 1.45 bits per heavy atom. The molecule has 1 atom stereocenters. The number of aliphatic imine (C=N–C) groups is 1. The van der Waals surface area contributed by atoms with Gasteiger partial charge in [-0.1, -0.05) is 26.7 Å². The Balaban J connectivity index is 3.57. The van der Waals surface area contributed by atoms with Crippen molar-refractivity contribution in [1.29, 1.82) is 0 Å².